The molecule has 0 unspecified atom stereocenters. The number of guanidine groups is 1. The highest BCUT2D eigenvalue weighted by Crippen LogP contribution is 2.21. The Kier molecular flexibility index (Phi) is 4.42. The van der Waals surface area contributed by atoms with E-state index in [-0.39, 0.29) is 0 Å². The first-order valence-corrected chi connectivity index (χ1v) is 8.07. The molecular weight excluding hydrogens is 270 g/mol. The molecule has 3 rings (SSSR count). The number of hydrogen-bond donors (Lipinski definition) is 1. The van der Waals surface area contributed by atoms with Gasteiger partial charge in [-0.25, -0.2) is 0 Å². The molecule has 0 atom stereocenters. The molecule has 0 aromatic heterocycles. The fourth-order valence-corrected chi connectivity index (χ4v) is 2.75. The van der Waals surface area contributed by atoms with Crippen LogP contribution in [0.4, 0.5) is 11.4 Å². The van der Waals surface area contributed by atoms with Crippen LogP contribution in [0.5, 0.6) is 0 Å². The van der Waals surface area contributed by atoms with E-state index in [1.807, 2.05) is 0 Å². The molecule has 1 N–H and O–H groups in total. The second kappa shape index (κ2) is 6.65. The summed E-state index contributed by atoms with van der Waals surface area (Å²) in [5.74, 6) is 0.946. The molecule has 3 nitrogen and oxygen atoms in total. The Hall–Kier alpha value is -2.29. The molecule has 0 amide bonds. The second-order valence-corrected chi connectivity index (χ2v) is 5.56. The first-order valence-electron chi connectivity index (χ1n) is 8.07. The lowest BCUT2D eigenvalue weighted by Crippen LogP contribution is -2.33. The summed E-state index contributed by atoms with van der Waals surface area (Å²) in [6, 6.07) is 17.3. The maximum Gasteiger partial charge on any atom is 0.203 e. The van der Waals surface area contributed by atoms with Gasteiger partial charge in [-0.05, 0) is 48.2 Å². The van der Waals surface area contributed by atoms with Gasteiger partial charge in [-0.1, -0.05) is 38.1 Å². The maximum atomic E-state index is 4.63. The molecule has 1 aliphatic heterocycles. The number of aryl methyl sites for hydroxylation is 2. The number of anilines is 2. The van der Waals surface area contributed by atoms with Crippen molar-refractivity contribution < 1.29 is 0 Å². The van der Waals surface area contributed by atoms with Gasteiger partial charge in [0.15, 0.2) is 0 Å². The second-order valence-electron chi connectivity index (χ2n) is 5.56. The quantitative estimate of drug-likeness (QED) is 0.919. The van der Waals surface area contributed by atoms with Gasteiger partial charge in [-0.15, -0.1) is 0 Å². The molecule has 0 aliphatic carbocycles. The van der Waals surface area contributed by atoms with Gasteiger partial charge in [0.2, 0.25) is 5.96 Å². The van der Waals surface area contributed by atoms with Crippen molar-refractivity contribution in [2.75, 3.05) is 23.3 Å². The summed E-state index contributed by atoms with van der Waals surface area (Å²) in [6.45, 7) is 6.14. The van der Waals surface area contributed by atoms with Crippen molar-refractivity contribution in [2.45, 2.75) is 26.7 Å². The highest BCUT2D eigenvalue weighted by atomic mass is 15.3. The third kappa shape index (κ3) is 3.14. The molecule has 0 saturated heterocycles. The van der Waals surface area contributed by atoms with Crippen molar-refractivity contribution in [2.24, 2.45) is 4.99 Å². The minimum Gasteiger partial charge on any atom is -0.326 e. The fourth-order valence-electron chi connectivity index (χ4n) is 2.75. The SMILES string of the molecule is CCc1cccc(NC2=NCCN2c2cccc(CC)c2)c1. The van der Waals surface area contributed by atoms with Gasteiger partial charge < -0.3 is 10.2 Å². The minimum atomic E-state index is 0.839. The highest BCUT2D eigenvalue weighted by molar-refractivity contribution is 6.06. The fraction of sp³-hybridized carbons (Fsp3) is 0.316. The van der Waals surface area contributed by atoms with Gasteiger partial charge in [-0.2, -0.15) is 0 Å². The molecule has 0 fully saturated rings. The molecule has 22 heavy (non-hydrogen) atoms. The van der Waals surface area contributed by atoms with E-state index >= 15 is 0 Å². The zero-order chi connectivity index (χ0) is 15.4. The Morgan fingerprint density at radius 2 is 1.73 bits per heavy atom. The van der Waals surface area contributed by atoms with Crippen molar-refractivity contribution in [3.63, 3.8) is 0 Å². The summed E-state index contributed by atoms with van der Waals surface area (Å²) >= 11 is 0. The number of rotatable bonds is 4. The van der Waals surface area contributed by atoms with Crippen molar-refractivity contribution in [3.05, 3.63) is 59.7 Å². The topological polar surface area (TPSA) is 27.6 Å². The van der Waals surface area contributed by atoms with Crippen LogP contribution >= 0.6 is 0 Å². The normalized spacial score (nSPS) is 14.1. The van der Waals surface area contributed by atoms with Gasteiger partial charge in [0, 0.05) is 17.9 Å². The lowest BCUT2D eigenvalue weighted by Gasteiger charge is -2.22. The van der Waals surface area contributed by atoms with Gasteiger partial charge in [-0.3, -0.25) is 4.99 Å². The monoisotopic (exact) mass is 293 g/mol. The van der Waals surface area contributed by atoms with Crippen molar-refractivity contribution >= 4 is 17.3 Å². The Balaban J connectivity index is 1.80. The van der Waals surface area contributed by atoms with Crippen LogP contribution in [0.1, 0.15) is 25.0 Å². The highest BCUT2D eigenvalue weighted by Gasteiger charge is 2.19. The Morgan fingerprint density at radius 1 is 1.00 bits per heavy atom. The van der Waals surface area contributed by atoms with Gasteiger partial charge >= 0.3 is 0 Å². The lowest BCUT2D eigenvalue weighted by molar-refractivity contribution is 1.02. The van der Waals surface area contributed by atoms with E-state index < -0.39 is 0 Å². The predicted octanol–water partition coefficient (Wildman–Crippen LogP) is 4.10. The molecule has 0 bridgehead atoms. The van der Waals surface area contributed by atoms with E-state index in [0.717, 1.165) is 37.6 Å². The van der Waals surface area contributed by atoms with Crippen LogP contribution in [0.25, 0.3) is 0 Å². The summed E-state index contributed by atoms with van der Waals surface area (Å²) in [5, 5.41) is 3.48. The van der Waals surface area contributed by atoms with Crippen LogP contribution < -0.4 is 10.2 Å². The molecule has 0 saturated carbocycles. The van der Waals surface area contributed by atoms with Crippen LogP contribution in [0.15, 0.2) is 53.5 Å². The van der Waals surface area contributed by atoms with Gasteiger partial charge in [0.25, 0.3) is 0 Å². The van der Waals surface area contributed by atoms with E-state index in [9.17, 15) is 0 Å². The molecular formula is C19H23N3. The van der Waals surface area contributed by atoms with E-state index in [1.54, 1.807) is 0 Å². The summed E-state index contributed by atoms with van der Waals surface area (Å²) < 4.78 is 0. The van der Waals surface area contributed by atoms with Crippen molar-refractivity contribution in [3.8, 4) is 0 Å². The Bertz CT molecular complexity index is 676. The number of aliphatic imine (C=N–C) groups is 1. The number of nitrogens with zero attached hydrogens (tertiary/aromatic N) is 2. The standard InChI is InChI=1S/C19H23N3/c1-3-15-7-5-9-17(13-15)21-19-20-11-12-22(19)18-10-6-8-16(4-2)14-18/h5-10,13-14H,3-4,11-12H2,1-2H3,(H,20,21). The summed E-state index contributed by atoms with van der Waals surface area (Å²) in [6.07, 6.45) is 2.10. The van der Waals surface area contributed by atoms with E-state index in [1.165, 1.54) is 16.8 Å². The number of hydrogen-bond acceptors (Lipinski definition) is 3. The first-order chi connectivity index (χ1) is 10.8. The van der Waals surface area contributed by atoms with E-state index in [0.29, 0.717) is 0 Å². The Labute approximate surface area is 132 Å². The minimum absolute atomic E-state index is 0.839. The van der Waals surface area contributed by atoms with E-state index in [2.05, 4.69) is 77.6 Å². The molecule has 1 heterocycles. The smallest absolute Gasteiger partial charge is 0.203 e. The van der Waals surface area contributed by atoms with E-state index in [4.69, 9.17) is 0 Å². The zero-order valence-electron chi connectivity index (χ0n) is 13.3. The van der Waals surface area contributed by atoms with Gasteiger partial charge in [0.1, 0.15) is 0 Å². The summed E-state index contributed by atoms with van der Waals surface area (Å²) in [7, 11) is 0. The van der Waals surface area contributed by atoms with Crippen molar-refractivity contribution in [1.82, 2.24) is 0 Å². The molecule has 3 heteroatoms. The molecule has 0 spiro atoms. The number of nitrogens with one attached hydrogen (secondary N) is 1. The molecule has 2 aromatic rings. The molecule has 2 aromatic carbocycles. The molecule has 114 valence electrons. The zero-order valence-corrected chi connectivity index (χ0v) is 13.3. The Morgan fingerprint density at radius 3 is 2.50 bits per heavy atom. The van der Waals surface area contributed by atoms with Crippen LogP contribution in [0, 0.1) is 0 Å². The summed E-state index contributed by atoms with van der Waals surface area (Å²) in [4.78, 5) is 6.89. The van der Waals surface area contributed by atoms with Gasteiger partial charge in [0.05, 0.1) is 6.54 Å². The van der Waals surface area contributed by atoms with Crippen LogP contribution in [0.3, 0.4) is 0 Å². The van der Waals surface area contributed by atoms with Crippen LogP contribution in [-0.2, 0) is 12.8 Å². The largest absolute Gasteiger partial charge is 0.326 e. The summed E-state index contributed by atoms with van der Waals surface area (Å²) in [5.41, 5.74) is 5.02. The van der Waals surface area contributed by atoms with Crippen LogP contribution in [0.2, 0.25) is 0 Å². The third-order valence-electron chi connectivity index (χ3n) is 4.06. The lowest BCUT2D eigenvalue weighted by atomic mass is 10.1. The number of benzene rings is 2. The first kappa shape index (κ1) is 14.6. The molecule has 1 aliphatic rings. The van der Waals surface area contributed by atoms with Crippen LogP contribution in [-0.4, -0.2) is 19.0 Å². The average molecular weight is 293 g/mol. The maximum absolute atomic E-state index is 4.63. The van der Waals surface area contributed by atoms with Crippen molar-refractivity contribution in [1.29, 1.82) is 0 Å². The molecule has 0 radical (unpaired) electrons. The third-order valence-corrected chi connectivity index (χ3v) is 4.06. The predicted molar refractivity (Wildman–Crippen MR) is 94.9 cm³/mol. The average Bonchev–Trinajstić information content (AvgIpc) is 3.03.